The molecule has 1 nitrogen and oxygen atoms in total. The second kappa shape index (κ2) is 3.95. The highest BCUT2D eigenvalue weighted by Crippen LogP contribution is 2.24. The Morgan fingerprint density at radius 1 is 1.36 bits per heavy atom. The van der Waals surface area contributed by atoms with Crippen molar-refractivity contribution in [3.8, 4) is 0 Å². The molecule has 0 saturated heterocycles. The molecule has 0 aliphatic heterocycles. The Bertz CT molecular complexity index is 345. The molecule has 0 spiro atoms. The van der Waals surface area contributed by atoms with Crippen molar-refractivity contribution in [1.29, 1.82) is 0 Å². The van der Waals surface area contributed by atoms with Crippen LogP contribution < -0.4 is 0 Å². The van der Waals surface area contributed by atoms with E-state index in [1.54, 1.807) is 0 Å². The molecule has 0 bridgehead atoms. The monoisotopic (exact) mass is 264 g/mol. The summed E-state index contributed by atoms with van der Waals surface area (Å²) in [6.45, 7) is 3.01. The Morgan fingerprint density at radius 3 is 2.43 bits per heavy atom. The molecule has 1 rings (SSSR count). The molecular formula is C10H11BrF2O. The zero-order valence-electron chi connectivity index (χ0n) is 7.94. The Morgan fingerprint density at radius 2 is 1.93 bits per heavy atom. The van der Waals surface area contributed by atoms with Gasteiger partial charge in [0.25, 0.3) is 0 Å². The average molecular weight is 265 g/mol. The molecule has 14 heavy (non-hydrogen) atoms. The van der Waals surface area contributed by atoms with Crippen LogP contribution in [-0.4, -0.2) is 10.7 Å². The molecule has 78 valence electrons. The lowest BCUT2D eigenvalue weighted by atomic mass is 9.98. The van der Waals surface area contributed by atoms with Crippen LogP contribution in [0.5, 0.6) is 0 Å². The fourth-order valence-corrected chi connectivity index (χ4v) is 1.54. The van der Waals surface area contributed by atoms with Crippen LogP contribution in [0.1, 0.15) is 19.4 Å². The maximum absolute atomic E-state index is 13.4. The van der Waals surface area contributed by atoms with Crippen molar-refractivity contribution in [2.45, 2.75) is 25.9 Å². The number of rotatable bonds is 2. The van der Waals surface area contributed by atoms with Crippen LogP contribution in [0.25, 0.3) is 0 Å². The molecule has 0 aromatic heterocycles. The van der Waals surface area contributed by atoms with Crippen molar-refractivity contribution in [3.05, 3.63) is 33.8 Å². The third-order valence-corrected chi connectivity index (χ3v) is 2.36. The van der Waals surface area contributed by atoms with Gasteiger partial charge in [0.05, 0.1) is 10.1 Å². The van der Waals surface area contributed by atoms with Crippen LogP contribution in [0.3, 0.4) is 0 Å². The van der Waals surface area contributed by atoms with Gasteiger partial charge in [-0.15, -0.1) is 0 Å². The van der Waals surface area contributed by atoms with E-state index in [2.05, 4.69) is 15.9 Å². The van der Waals surface area contributed by atoms with Crippen molar-refractivity contribution in [2.75, 3.05) is 0 Å². The minimum Gasteiger partial charge on any atom is -0.390 e. The summed E-state index contributed by atoms with van der Waals surface area (Å²) in [6, 6.07) is 2.48. The molecule has 0 heterocycles. The summed E-state index contributed by atoms with van der Waals surface area (Å²) in [5.41, 5.74) is -1.21. The molecule has 0 atom stereocenters. The lowest BCUT2D eigenvalue weighted by Gasteiger charge is -2.18. The van der Waals surface area contributed by atoms with Gasteiger partial charge in [-0.05, 0) is 41.9 Å². The van der Waals surface area contributed by atoms with Crippen LogP contribution in [-0.2, 0) is 6.42 Å². The molecule has 1 aromatic rings. The first-order valence-corrected chi connectivity index (χ1v) is 4.95. The molecule has 0 amide bonds. The molecule has 1 aromatic carbocycles. The van der Waals surface area contributed by atoms with Crippen LogP contribution >= 0.6 is 15.9 Å². The predicted molar refractivity (Wildman–Crippen MR) is 54.1 cm³/mol. The maximum atomic E-state index is 13.4. The summed E-state index contributed by atoms with van der Waals surface area (Å²) in [4.78, 5) is 0. The Labute approximate surface area is 89.9 Å². The molecule has 0 fully saturated rings. The zero-order valence-corrected chi connectivity index (χ0v) is 9.53. The van der Waals surface area contributed by atoms with Crippen LogP contribution in [0.2, 0.25) is 0 Å². The van der Waals surface area contributed by atoms with E-state index in [1.165, 1.54) is 26.0 Å². The van der Waals surface area contributed by atoms with Crippen LogP contribution in [0.15, 0.2) is 16.6 Å². The van der Waals surface area contributed by atoms with Gasteiger partial charge in [-0.3, -0.25) is 0 Å². The van der Waals surface area contributed by atoms with Gasteiger partial charge in [0.1, 0.15) is 11.6 Å². The molecule has 4 heteroatoms. The van der Waals surface area contributed by atoms with Gasteiger partial charge in [-0.1, -0.05) is 0 Å². The number of aliphatic hydroxyl groups is 1. The molecular weight excluding hydrogens is 254 g/mol. The SMILES string of the molecule is CC(C)(O)Cc1c(F)ccc(Br)c1F. The highest BCUT2D eigenvalue weighted by atomic mass is 79.9. The molecule has 0 unspecified atom stereocenters. The van der Waals surface area contributed by atoms with Gasteiger partial charge in [0.15, 0.2) is 0 Å². The summed E-state index contributed by atoms with van der Waals surface area (Å²) in [6.07, 6.45) is -0.0515. The fourth-order valence-electron chi connectivity index (χ4n) is 1.16. The van der Waals surface area contributed by atoms with Gasteiger partial charge >= 0.3 is 0 Å². The van der Waals surface area contributed by atoms with E-state index in [-0.39, 0.29) is 16.5 Å². The second-order valence-corrected chi connectivity index (χ2v) is 4.67. The van der Waals surface area contributed by atoms with E-state index >= 15 is 0 Å². The lowest BCUT2D eigenvalue weighted by Crippen LogP contribution is -2.23. The summed E-state index contributed by atoms with van der Waals surface area (Å²) < 4.78 is 26.8. The van der Waals surface area contributed by atoms with Crippen molar-refractivity contribution < 1.29 is 13.9 Å². The Hall–Kier alpha value is -0.480. The molecule has 0 aliphatic rings. The van der Waals surface area contributed by atoms with Gasteiger partial charge in [-0.2, -0.15) is 0 Å². The Kier molecular flexibility index (Phi) is 3.27. The van der Waals surface area contributed by atoms with E-state index in [0.717, 1.165) is 0 Å². The number of hydrogen-bond donors (Lipinski definition) is 1. The van der Waals surface area contributed by atoms with Crippen LogP contribution in [0.4, 0.5) is 8.78 Å². The topological polar surface area (TPSA) is 20.2 Å². The molecule has 0 saturated carbocycles. The normalized spacial score (nSPS) is 11.9. The molecule has 1 N–H and O–H groups in total. The van der Waals surface area contributed by atoms with Gasteiger partial charge < -0.3 is 5.11 Å². The van der Waals surface area contributed by atoms with Crippen molar-refractivity contribution in [2.24, 2.45) is 0 Å². The standard InChI is InChI=1S/C10H11BrF2O/c1-10(2,14)5-6-8(12)4-3-7(11)9(6)13/h3-4,14H,5H2,1-2H3. The van der Waals surface area contributed by atoms with E-state index in [0.29, 0.717) is 0 Å². The smallest absolute Gasteiger partial charge is 0.143 e. The lowest BCUT2D eigenvalue weighted by molar-refractivity contribution is 0.0789. The van der Waals surface area contributed by atoms with Crippen molar-refractivity contribution in [1.82, 2.24) is 0 Å². The third-order valence-electron chi connectivity index (χ3n) is 1.75. The van der Waals surface area contributed by atoms with Crippen LogP contribution in [0, 0.1) is 11.6 Å². The number of hydrogen-bond acceptors (Lipinski definition) is 1. The first-order valence-electron chi connectivity index (χ1n) is 4.16. The van der Waals surface area contributed by atoms with Crippen molar-refractivity contribution in [3.63, 3.8) is 0 Å². The predicted octanol–water partition coefficient (Wildman–Crippen LogP) is 3.04. The first-order chi connectivity index (χ1) is 6.31. The van der Waals surface area contributed by atoms with Gasteiger partial charge in [-0.25, -0.2) is 8.78 Å². The summed E-state index contributed by atoms with van der Waals surface area (Å²) in [5, 5.41) is 9.46. The summed E-state index contributed by atoms with van der Waals surface area (Å²) in [5.74, 6) is -1.28. The zero-order chi connectivity index (χ0) is 10.9. The van der Waals surface area contributed by atoms with Gasteiger partial charge in [0.2, 0.25) is 0 Å². The molecule has 0 radical (unpaired) electrons. The van der Waals surface area contributed by atoms with Crippen molar-refractivity contribution >= 4 is 15.9 Å². The minimum absolute atomic E-state index is 0.0515. The second-order valence-electron chi connectivity index (χ2n) is 3.81. The highest BCUT2D eigenvalue weighted by molar-refractivity contribution is 9.10. The average Bonchev–Trinajstić information content (AvgIpc) is 2.04. The largest absolute Gasteiger partial charge is 0.390 e. The molecule has 0 aliphatic carbocycles. The Balaban J connectivity index is 3.13. The number of halogens is 3. The quantitative estimate of drug-likeness (QED) is 0.815. The third kappa shape index (κ3) is 2.75. The first kappa shape index (κ1) is 11.6. The summed E-state index contributed by atoms with van der Waals surface area (Å²) >= 11 is 2.96. The van der Waals surface area contributed by atoms with E-state index in [4.69, 9.17) is 0 Å². The van der Waals surface area contributed by atoms with E-state index < -0.39 is 17.2 Å². The highest BCUT2D eigenvalue weighted by Gasteiger charge is 2.20. The fraction of sp³-hybridized carbons (Fsp3) is 0.400. The summed E-state index contributed by atoms with van der Waals surface area (Å²) in [7, 11) is 0. The van der Waals surface area contributed by atoms with E-state index in [9.17, 15) is 13.9 Å². The maximum Gasteiger partial charge on any atom is 0.143 e. The number of benzene rings is 1. The van der Waals surface area contributed by atoms with E-state index in [1.807, 2.05) is 0 Å². The van der Waals surface area contributed by atoms with Gasteiger partial charge in [0, 0.05) is 12.0 Å². The minimum atomic E-state index is -1.12.